The number of hydrogen-bond acceptors (Lipinski definition) is 5. The van der Waals surface area contributed by atoms with Gasteiger partial charge >= 0.3 is 11.9 Å². The van der Waals surface area contributed by atoms with Gasteiger partial charge in [0.15, 0.2) is 0 Å². The molecule has 18 heavy (non-hydrogen) atoms. The molecule has 106 valence electrons. The van der Waals surface area contributed by atoms with Crippen LogP contribution in [0.2, 0.25) is 0 Å². The number of aliphatic carboxylic acids is 1. The molecular formula is C10H19NO6S. The fourth-order valence-corrected chi connectivity index (χ4v) is 2.88. The number of rotatable bonds is 8. The Morgan fingerprint density at radius 3 is 2.28 bits per heavy atom. The van der Waals surface area contributed by atoms with E-state index in [1.54, 1.807) is 20.8 Å². The second-order valence-corrected chi connectivity index (χ2v) is 5.94. The second kappa shape index (κ2) is 7.32. The van der Waals surface area contributed by atoms with Gasteiger partial charge in [-0.05, 0) is 20.8 Å². The molecule has 0 atom stereocenters. The van der Waals surface area contributed by atoms with Gasteiger partial charge in [-0.2, -0.15) is 4.31 Å². The summed E-state index contributed by atoms with van der Waals surface area (Å²) in [4.78, 5) is 21.7. The van der Waals surface area contributed by atoms with E-state index in [2.05, 4.69) is 4.74 Å². The molecule has 0 rings (SSSR count). The highest BCUT2D eigenvalue weighted by molar-refractivity contribution is 7.89. The molecule has 7 nitrogen and oxygen atoms in total. The smallest absolute Gasteiger partial charge is 0.321 e. The molecule has 0 aromatic rings. The Bertz CT molecular complexity index is 389. The van der Waals surface area contributed by atoms with Gasteiger partial charge in [0, 0.05) is 6.04 Å². The Kier molecular flexibility index (Phi) is 6.85. The highest BCUT2D eigenvalue weighted by Crippen LogP contribution is 2.09. The quantitative estimate of drug-likeness (QED) is 0.631. The predicted octanol–water partition coefficient (Wildman–Crippen LogP) is 0.0644. The molecule has 0 amide bonds. The van der Waals surface area contributed by atoms with Crippen molar-refractivity contribution in [2.75, 3.05) is 18.9 Å². The van der Waals surface area contributed by atoms with Crippen LogP contribution in [0.1, 0.15) is 27.2 Å². The molecular weight excluding hydrogens is 262 g/mol. The first-order valence-electron chi connectivity index (χ1n) is 5.57. The van der Waals surface area contributed by atoms with Gasteiger partial charge in [0.25, 0.3) is 0 Å². The van der Waals surface area contributed by atoms with Crippen LogP contribution in [0.15, 0.2) is 0 Å². The lowest BCUT2D eigenvalue weighted by atomic mass is 10.4. The van der Waals surface area contributed by atoms with Crippen LogP contribution in [0.5, 0.6) is 0 Å². The number of carboxylic acid groups (broad SMARTS) is 1. The molecule has 0 heterocycles. The summed E-state index contributed by atoms with van der Waals surface area (Å²) in [5.74, 6) is -2.37. The van der Waals surface area contributed by atoms with E-state index in [1.807, 2.05) is 0 Å². The highest BCUT2D eigenvalue weighted by Gasteiger charge is 2.28. The Morgan fingerprint density at radius 2 is 1.89 bits per heavy atom. The van der Waals surface area contributed by atoms with E-state index in [4.69, 9.17) is 5.11 Å². The van der Waals surface area contributed by atoms with E-state index < -0.39 is 46.7 Å². The van der Waals surface area contributed by atoms with Gasteiger partial charge in [-0.3, -0.25) is 9.59 Å². The molecule has 8 heteroatoms. The molecule has 0 spiro atoms. The summed E-state index contributed by atoms with van der Waals surface area (Å²) in [5.41, 5.74) is 0. The Labute approximate surface area is 107 Å². The molecule has 0 unspecified atom stereocenters. The third-order valence-corrected chi connectivity index (χ3v) is 4.08. The summed E-state index contributed by atoms with van der Waals surface area (Å²) in [6, 6.07) is -0.437. The normalized spacial score (nSPS) is 11.8. The van der Waals surface area contributed by atoms with Crippen molar-refractivity contribution in [3.63, 3.8) is 0 Å². The van der Waals surface area contributed by atoms with Gasteiger partial charge < -0.3 is 9.84 Å². The molecule has 0 saturated carbocycles. The second-order valence-electron chi connectivity index (χ2n) is 3.90. The maximum Gasteiger partial charge on any atom is 0.321 e. The first-order valence-corrected chi connectivity index (χ1v) is 7.18. The molecule has 0 aliphatic carbocycles. The lowest BCUT2D eigenvalue weighted by molar-refractivity contribution is -0.143. The van der Waals surface area contributed by atoms with Crippen LogP contribution < -0.4 is 0 Å². The van der Waals surface area contributed by atoms with E-state index in [9.17, 15) is 18.0 Å². The number of nitrogens with zero attached hydrogens (tertiary/aromatic N) is 1. The number of carbonyl (C=O) groups excluding carboxylic acids is 1. The number of sulfonamides is 1. The molecule has 0 aliphatic heterocycles. The maximum absolute atomic E-state index is 11.9. The Morgan fingerprint density at radius 1 is 1.33 bits per heavy atom. The molecule has 0 aromatic carbocycles. The third kappa shape index (κ3) is 5.97. The van der Waals surface area contributed by atoms with Crippen molar-refractivity contribution in [1.82, 2.24) is 4.31 Å². The number of carboxylic acids is 1. The number of carbonyl (C=O) groups is 2. The van der Waals surface area contributed by atoms with Gasteiger partial charge in [0.2, 0.25) is 10.0 Å². The minimum atomic E-state index is -3.78. The summed E-state index contributed by atoms with van der Waals surface area (Å²) in [6.45, 7) is 4.61. The van der Waals surface area contributed by atoms with E-state index in [0.717, 1.165) is 4.31 Å². The molecule has 1 N–H and O–H groups in total. The van der Waals surface area contributed by atoms with Crippen LogP contribution in [0.3, 0.4) is 0 Å². The van der Waals surface area contributed by atoms with Crippen LogP contribution >= 0.6 is 0 Å². The topological polar surface area (TPSA) is 101 Å². The monoisotopic (exact) mass is 281 g/mol. The standard InChI is InChI=1S/C10H19NO6S/c1-4-17-10(14)7-11(8(2)3)18(15,16)6-5-9(12)13/h8H,4-7H2,1-3H3,(H,12,13). The van der Waals surface area contributed by atoms with Crippen LogP contribution in [0.25, 0.3) is 0 Å². The minimum Gasteiger partial charge on any atom is -0.481 e. The largest absolute Gasteiger partial charge is 0.481 e. The molecule has 0 radical (unpaired) electrons. The summed E-state index contributed by atoms with van der Waals surface area (Å²) in [6.07, 6.45) is -0.492. The van der Waals surface area contributed by atoms with Crippen LogP contribution in [0.4, 0.5) is 0 Å². The van der Waals surface area contributed by atoms with Crippen molar-refractivity contribution in [3.05, 3.63) is 0 Å². The van der Waals surface area contributed by atoms with Crippen LogP contribution in [0, 0.1) is 0 Å². The van der Waals surface area contributed by atoms with Crippen molar-refractivity contribution < 1.29 is 27.9 Å². The molecule has 0 bridgehead atoms. The van der Waals surface area contributed by atoms with Crippen molar-refractivity contribution in [1.29, 1.82) is 0 Å². The number of esters is 1. The number of ether oxygens (including phenoxy) is 1. The van der Waals surface area contributed by atoms with E-state index in [1.165, 1.54) is 0 Å². The summed E-state index contributed by atoms with van der Waals surface area (Å²) < 4.78 is 29.4. The van der Waals surface area contributed by atoms with Gasteiger partial charge in [-0.1, -0.05) is 0 Å². The van der Waals surface area contributed by atoms with Crippen LogP contribution in [-0.2, 0) is 24.3 Å². The van der Waals surface area contributed by atoms with E-state index in [-0.39, 0.29) is 6.61 Å². The average molecular weight is 281 g/mol. The van der Waals surface area contributed by atoms with Gasteiger partial charge in [0.05, 0.1) is 18.8 Å². The molecule has 0 aromatic heterocycles. The molecule has 0 saturated heterocycles. The van der Waals surface area contributed by atoms with Crippen LogP contribution in [-0.4, -0.2) is 54.7 Å². The fraction of sp³-hybridized carbons (Fsp3) is 0.800. The minimum absolute atomic E-state index is 0.167. The zero-order chi connectivity index (χ0) is 14.3. The van der Waals surface area contributed by atoms with Crippen molar-refractivity contribution in [3.8, 4) is 0 Å². The first kappa shape index (κ1) is 16.9. The van der Waals surface area contributed by atoms with Gasteiger partial charge in [0.1, 0.15) is 6.54 Å². The summed E-state index contributed by atoms with van der Waals surface area (Å²) >= 11 is 0. The Balaban J connectivity index is 4.77. The summed E-state index contributed by atoms with van der Waals surface area (Å²) in [7, 11) is -3.78. The first-order chi connectivity index (χ1) is 8.20. The lowest BCUT2D eigenvalue weighted by Gasteiger charge is -2.24. The average Bonchev–Trinajstić information content (AvgIpc) is 2.23. The predicted molar refractivity (Wildman–Crippen MR) is 64.5 cm³/mol. The third-order valence-electron chi connectivity index (χ3n) is 2.10. The number of hydrogen-bond donors (Lipinski definition) is 1. The molecule has 0 fully saturated rings. The lowest BCUT2D eigenvalue weighted by Crippen LogP contribution is -2.42. The fourth-order valence-electron chi connectivity index (χ4n) is 1.27. The van der Waals surface area contributed by atoms with Gasteiger partial charge in [-0.25, -0.2) is 8.42 Å². The van der Waals surface area contributed by atoms with Crippen molar-refractivity contribution in [2.24, 2.45) is 0 Å². The Hall–Kier alpha value is -1.15. The van der Waals surface area contributed by atoms with Crippen molar-refractivity contribution in [2.45, 2.75) is 33.2 Å². The maximum atomic E-state index is 11.9. The zero-order valence-electron chi connectivity index (χ0n) is 10.7. The molecule has 0 aliphatic rings. The highest BCUT2D eigenvalue weighted by atomic mass is 32.2. The zero-order valence-corrected chi connectivity index (χ0v) is 11.6. The SMILES string of the molecule is CCOC(=O)CN(C(C)C)S(=O)(=O)CCC(=O)O. The van der Waals surface area contributed by atoms with Crippen molar-refractivity contribution >= 4 is 22.0 Å². The summed E-state index contributed by atoms with van der Waals surface area (Å²) in [5, 5.41) is 8.49. The van der Waals surface area contributed by atoms with E-state index in [0.29, 0.717) is 0 Å². The van der Waals surface area contributed by atoms with Gasteiger partial charge in [-0.15, -0.1) is 0 Å². The van der Waals surface area contributed by atoms with E-state index >= 15 is 0 Å².